The van der Waals surface area contributed by atoms with E-state index in [0.717, 1.165) is 9.84 Å². The molecule has 11 heavy (non-hydrogen) atoms. The van der Waals surface area contributed by atoms with E-state index < -0.39 is 0 Å². The maximum absolute atomic E-state index is 2.53. The van der Waals surface area contributed by atoms with Crippen LogP contribution in [0.3, 0.4) is 0 Å². The highest BCUT2D eigenvalue weighted by molar-refractivity contribution is 14.1. The summed E-state index contributed by atoms with van der Waals surface area (Å²) in [6.07, 6.45) is 13.9. The molecule has 2 aliphatic carbocycles. The summed E-state index contributed by atoms with van der Waals surface area (Å²) in [4.78, 5) is 0. The van der Waals surface area contributed by atoms with Crippen LogP contribution in [0.2, 0.25) is 0 Å². The second-order valence-corrected chi connectivity index (χ2v) is 4.52. The van der Waals surface area contributed by atoms with Crippen LogP contribution >= 0.6 is 22.6 Å². The van der Waals surface area contributed by atoms with Crippen LogP contribution in [-0.4, -0.2) is 3.92 Å². The molecule has 0 spiro atoms. The van der Waals surface area contributed by atoms with E-state index in [9.17, 15) is 0 Å². The van der Waals surface area contributed by atoms with Crippen molar-refractivity contribution in [3.8, 4) is 0 Å². The molecule has 0 aliphatic heterocycles. The second kappa shape index (κ2) is 3.13. The molecule has 0 N–H and O–H groups in total. The summed E-state index contributed by atoms with van der Waals surface area (Å²) in [5, 5.41) is 0. The number of hydrogen-bond acceptors (Lipinski definition) is 0. The van der Waals surface area contributed by atoms with Crippen molar-refractivity contribution in [3.05, 3.63) is 36.0 Å². The van der Waals surface area contributed by atoms with Crippen molar-refractivity contribution in [2.24, 2.45) is 5.92 Å². The summed E-state index contributed by atoms with van der Waals surface area (Å²) in [5.41, 5.74) is 1.53. The van der Waals surface area contributed by atoms with Crippen LogP contribution in [0.1, 0.15) is 12.8 Å². The minimum atomic E-state index is 0.720. The standard InChI is InChI=1S/C10H11I/c11-10-7-3-5-8-4-1-2-6-9(8)10/h1,3-5,7,9-10H,2,6H2. The molecular weight excluding hydrogens is 247 g/mol. The summed E-state index contributed by atoms with van der Waals surface area (Å²) < 4.78 is 0.720. The average Bonchev–Trinajstić information content (AvgIpc) is 2.06. The Balaban J connectivity index is 2.29. The number of hydrogen-bond donors (Lipinski definition) is 0. The first-order valence-electron chi connectivity index (χ1n) is 4.07. The minimum absolute atomic E-state index is 0.720. The Morgan fingerprint density at radius 1 is 1.45 bits per heavy atom. The van der Waals surface area contributed by atoms with E-state index in [2.05, 4.69) is 53.0 Å². The molecule has 0 aromatic rings. The first-order chi connectivity index (χ1) is 5.38. The molecule has 2 aliphatic rings. The van der Waals surface area contributed by atoms with Gasteiger partial charge in [-0.05, 0) is 24.3 Å². The monoisotopic (exact) mass is 258 g/mol. The third-order valence-electron chi connectivity index (χ3n) is 2.35. The number of halogens is 1. The van der Waals surface area contributed by atoms with Gasteiger partial charge in [0.05, 0.1) is 0 Å². The van der Waals surface area contributed by atoms with E-state index >= 15 is 0 Å². The lowest BCUT2D eigenvalue weighted by Gasteiger charge is -2.26. The number of fused-ring (bicyclic) bond motifs is 1. The topological polar surface area (TPSA) is 0 Å². The SMILES string of the molecule is IC1C=CC=C2C=CCCC21. The molecule has 0 saturated heterocycles. The zero-order valence-corrected chi connectivity index (χ0v) is 8.49. The van der Waals surface area contributed by atoms with Crippen LogP contribution in [0.4, 0.5) is 0 Å². The molecule has 0 radical (unpaired) electrons. The van der Waals surface area contributed by atoms with Crippen LogP contribution < -0.4 is 0 Å². The molecule has 1 heteroatoms. The van der Waals surface area contributed by atoms with Crippen LogP contribution in [0.15, 0.2) is 36.0 Å². The predicted molar refractivity (Wildman–Crippen MR) is 56.9 cm³/mol. The van der Waals surface area contributed by atoms with Crippen molar-refractivity contribution in [2.75, 3.05) is 0 Å². The van der Waals surface area contributed by atoms with Crippen LogP contribution in [0.5, 0.6) is 0 Å². The third kappa shape index (κ3) is 1.43. The Hall–Kier alpha value is -0.0500. The molecule has 0 aromatic carbocycles. The predicted octanol–water partition coefficient (Wildman–Crippen LogP) is 3.25. The first kappa shape index (κ1) is 7.59. The Kier molecular flexibility index (Phi) is 2.16. The average molecular weight is 258 g/mol. The zero-order valence-electron chi connectivity index (χ0n) is 6.33. The van der Waals surface area contributed by atoms with E-state index in [-0.39, 0.29) is 0 Å². The van der Waals surface area contributed by atoms with Gasteiger partial charge in [-0.25, -0.2) is 0 Å². The van der Waals surface area contributed by atoms with Crippen molar-refractivity contribution >= 4 is 22.6 Å². The summed E-state index contributed by atoms with van der Waals surface area (Å²) in [6.45, 7) is 0. The summed E-state index contributed by atoms with van der Waals surface area (Å²) >= 11 is 2.53. The largest absolute Gasteiger partial charge is 0.0842 e. The fourth-order valence-corrected chi connectivity index (χ4v) is 2.73. The normalized spacial score (nSPS) is 34.8. The second-order valence-electron chi connectivity index (χ2n) is 3.08. The van der Waals surface area contributed by atoms with Crippen LogP contribution in [0, 0.1) is 5.92 Å². The molecule has 2 rings (SSSR count). The highest BCUT2D eigenvalue weighted by Gasteiger charge is 2.22. The minimum Gasteiger partial charge on any atom is -0.0842 e. The quantitative estimate of drug-likeness (QED) is 0.462. The highest BCUT2D eigenvalue weighted by atomic mass is 127. The van der Waals surface area contributed by atoms with Crippen molar-refractivity contribution in [1.82, 2.24) is 0 Å². The van der Waals surface area contributed by atoms with Gasteiger partial charge in [0.1, 0.15) is 0 Å². The molecule has 0 fully saturated rings. The van der Waals surface area contributed by atoms with Gasteiger partial charge in [0.15, 0.2) is 0 Å². The van der Waals surface area contributed by atoms with Crippen molar-refractivity contribution in [2.45, 2.75) is 16.8 Å². The van der Waals surface area contributed by atoms with Gasteiger partial charge in [-0.15, -0.1) is 0 Å². The van der Waals surface area contributed by atoms with Crippen LogP contribution in [0.25, 0.3) is 0 Å². The maximum Gasteiger partial charge on any atom is 0.0361 e. The smallest absolute Gasteiger partial charge is 0.0361 e. The molecular formula is C10H11I. The van der Waals surface area contributed by atoms with Gasteiger partial charge < -0.3 is 0 Å². The van der Waals surface area contributed by atoms with Gasteiger partial charge in [-0.3, -0.25) is 0 Å². The number of alkyl halides is 1. The number of allylic oxidation sites excluding steroid dienone is 6. The van der Waals surface area contributed by atoms with Gasteiger partial charge >= 0.3 is 0 Å². The van der Waals surface area contributed by atoms with E-state index in [4.69, 9.17) is 0 Å². The lowest BCUT2D eigenvalue weighted by molar-refractivity contribution is 0.587. The Morgan fingerprint density at radius 2 is 2.36 bits per heavy atom. The van der Waals surface area contributed by atoms with E-state index in [0.29, 0.717) is 0 Å². The first-order valence-corrected chi connectivity index (χ1v) is 5.31. The van der Waals surface area contributed by atoms with Gasteiger partial charge in [0.25, 0.3) is 0 Å². The summed E-state index contributed by atoms with van der Waals surface area (Å²) in [6, 6.07) is 0. The van der Waals surface area contributed by atoms with E-state index in [1.54, 1.807) is 0 Å². The van der Waals surface area contributed by atoms with Crippen molar-refractivity contribution < 1.29 is 0 Å². The molecule has 58 valence electrons. The van der Waals surface area contributed by atoms with Gasteiger partial charge in [0, 0.05) is 3.92 Å². The summed E-state index contributed by atoms with van der Waals surface area (Å²) in [5.74, 6) is 0.797. The Bertz CT molecular complexity index is 235. The Morgan fingerprint density at radius 3 is 3.18 bits per heavy atom. The zero-order chi connectivity index (χ0) is 7.68. The van der Waals surface area contributed by atoms with Crippen molar-refractivity contribution in [1.29, 1.82) is 0 Å². The van der Waals surface area contributed by atoms with Gasteiger partial charge in [-0.2, -0.15) is 0 Å². The molecule has 0 aromatic heterocycles. The molecule has 0 heterocycles. The molecule has 2 atom stereocenters. The summed E-state index contributed by atoms with van der Waals surface area (Å²) in [7, 11) is 0. The Labute approximate surface area is 81.2 Å². The van der Waals surface area contributed by atoms with Crippen molar-refractivity contribution in [3.63, 3.8) is 0 Å². The molecule has 0 saturated carbocycles. The molecule has 2 unspecified atom stereocenters. The van der Waals surface area contributed by atoms with E-state index in [1.165, 1.54) is 18.4 Å². The van der Waals surface area contributed by atoms with E-state index in [1.807, 2.05) is 0 Å². The fourth-order valence-electron chi connectivity index (χ4n) is 1.71. The van der Waals surface area contributed by atoms with Crippen LogP contribution in [-0.2, 0) is 0 Å². The van der Waals surface area contributed by atoms with Gasteiger partial charge in [-0.1, -0.05) is 53.0 Å². The maximum atomic E-state index is 2.53. The lowest BCUT2D eigenvalue weighted by Crippen LogP contribution is -2.18. The molecule has 0 bridgehead atoms. The highest BCUT2D eigenvalue weighted by Crippen LogP contribution is 2.34. The van der Waals surface area contributed by atoms with Gasteiger partial charge in [0.2, 0.25) is 0 Å². The molecule has 0 nitrogen and oxygen atoms in total. The molecule has 0 amide bonds. The number of rotatable bonds is 0. The third-order valence-corrected chi connectivity index (χ3v) is 3.63. The lowest BCUT2D eigenvalue weighted by atomic mass is 9.84. The fraction of sp³-hybridized carbons (Fsp3) is 0.400.